The van der Waals surface area contributed by atoms with Crippen LogP contribution in [0.4, 0.5) is 0 Å². The van der Waals surface area contributed by atoms with Gasteiger partial charge in [0.1, 0.15) is 0 Å². The molecule has 4 rings (SSSR count). The van der Waals surface area contributed by atoms with Crippen molar-refractivity contribution < 1.29 is 0 Å². The summed E-state index contributed by atoms with van der Waals surface area (Å²) >= 11 is 0. The third kappa shape index (κ3) is 7.07. The molecule has 3 nitrogen and oxygen atoms in total. The monoisotopic (exact) mass is 289 g/mol. The van der Waals surface area contributed by atoms with E-state index in [1.165, 1.54) is 75.8 Å². The van der Waals surface area contributed by atoms with Gasteiger partial charge in [-0.15, -0.1) is 0 Å². The molecule has 3 heteroatoms. The molecule has 3 aliphatic heterocycles. The first-order chi connectivity index (χ1) is 10.5. The maximum atomic E-state index is 3.34. The molecule has 3 N–H and O–H groups in total. The summed E-state index contributed by atoms with van der Waals surface area (Å²) in [6.07, 6.45) is 8.18. The Morgan fingerprint density at radius 1 is 0.571 bits per heavy atom. The second-order valence-electron chi connectivity index (χ2n) is 5.96. The fourth-order valence-electron chi connectivity index (χ4n) is 2.85. The van der Waals surface area contributed by atoms with Crippen LogP contribution in [0.1, 0.15) is 43.2 Å². The minimum Gasteiger partial charge on any atom is -0.317 e. The summed E-state index contributed by atoms with van der Waals surface area (Å²) in [6.45, 7) is 7.19. The predicted molar refractivity (Wildman–Crippen MR) is 90.7 cm³/mol. The number of benzene rings is 1. The first kappa shape index (κ1) is 16.5. The maximum Gasteiger partial charge on any atom is 0.0208 e. The average Bonchev–Trinajstić information content (AvgIpc) is 3.17. The van der Waals surface area contributed by atoms with Crippen molar-refractivity contribution in [1.82, 2.24) is 16.0 Å². The Balaban J connectivity index is 0.000000126. The number of nitrogens with one attached hydrogen (secondary N) is 3. The SMILES string of the molecule is C1CCNC1.C1CCNCC1.c1ccc2c(c1)CCNC2. The van der Waals surface area contributed by atoms with Crippen LogP contribution < -0.4 is 16.0 Å². The van der Waals surface area contributed by atoms with Crippen molar-refractivity contribution in [2.75, 3.05) is 32.7 Å². The normalized spacial score (nSPS) is 20.4. The molecular weight excluding hydrogens is 258 g/mol. The van der Waals surface area contributed by atoms with Crippen molar-refractivity contribution in [1.29, 1.82) is 0 Å². The van der Waals surface area contributed by atoms with Crippen LogP contribution in [0.15, 0.2) is 24.3 Å². The summed E-state index contributed by atoms with van der Waals surface area (Å²) in [6, 6.07) is 8.63. The second-order valence-corrected chi connectivity index (χ2v) is 5.96. The van der Waals surface area contributed by atoms with E-state index in [0.29, 0.717) is 0 Å². The molecule has 1 aromatic rings. The summed E-state index contributed by atoms with van der Waals surface area (Å²) in [5.74, 6) is 0. The third-order valence-electron chi connectivity index (χ3n) is 4.17. The minimum atomic E-state index is 1.05. The van der Waals surface area contributed by atoms with Gasteiger partial charge in [-0.25, -0.2) is 0 Å². The van der Waals surface area contributed by atoms with E-state index < -0.39 is 0 Å². The maximum absolute atomic E-state index is 3.34. The second kappa shape index (κ2) is 10.8. The standard InChI is InChI=1S/C9H11N.C5H11N.C4H9N/c1-2-4-9-7-10-6-5-8(9)3-1;1-2-4-6-5-3-1;1-2-4-5-3-1/h1-4,10H,5-7H2;6H,1-5H2;5H,1-4H2. The highest BCUT2D eigenvalue weighted by Crippen LogP contribution is 2.11. The molecule has 2 saturated heterocycles. The van der Waals surface area contributed by atoms with Gasteiger partial charge in [0.2, 0.25) is 0 Å². The fraction of sp³-hybridized carbons (Fsp3) is 0.667. The van der Waals surface area contributed by atoms with Crippen molar-refractivity contribution in [3.8, 4) is 0 Å². The van der Waals surface area contributed by atoms with E-state index in [9.17, 15) is 0 Å². The van der Waals surface area contributed by atoms with Crippen LogP contribution in [0.5, 0.6) is 0 Å². The highest BCUT2D eigenvalue weighted by Gasteiger charge is 2.05. The van der Waals surface area contributed by atoms with Crippen LogP contribution in [0, 0.1) is 0 Å². The summed E-state index contributed by atoms with van der Waals surface area (Å²) < 4.78 is 0. The van der Waals surface area contributed by atoms with E-state index in [0.717, 1.165) is 13.1 Å². The number of hydrogen-bond donors (Lipinski definition) is 3. The summed E-state index contributed by atoms with van der Waals surface area (Å²) in [7, 11) is 0. The topological polar surface area (TPSA) is 36.1 Å². The zero-order valence-corrected chi connectivity index (χ0v) is 13.3. The highest BCUT2D eigenvalue weighted by atomic mass is 14.9. The van der Waals surface area contributed by atoms with Crippen molar-refractivity contribution in [3.05, 3.63) is 35.4 Å². The molecule has 21 heavy (non-hydrogen) atoms. The molecule has 0 amide bonds. The minimum absolute atomic E-state index is 1.05. The first-order valence-corrected chi connectivity index (χ1v) is 8.66. The van der Waals surface area contributed by atoms with Gasteiger partial charge in [0.25, 0.3) is 0 Å². The van der Waals surface area contributed by atoms with Gasteiger partial charge >= 0.3 is 0 Å². The predicted octanol–water partition coefficient (Wildman–Crippen LogP) is 2.46. The lowest BCUT2D eigenvalue weighted by molar-refractivity contribution is 0.520. The molecule has 0 unspecified atom stereocenters. The molecule has 118 valence electrons. The quantitative estimate of drug-likeness (QED) is 0.687. The van der Waals surface area contributed by atoms with Crippen LogP contribution in [-0.2, 0) is 13.0 Å². The Labute approximate surface area is 129 Å². The van der Waals surface area contributed by atoms with Gasteiger partial charge in [-0.1, -0.05) is 30.7 Å². The van der Waals surface area contributed by atoms with Gasteiger partial charge in [-0.3, -0.25) is 0 Å². The molecule has 0 radical (unpaired) electrons. The lowest BCUT2D eigenvalue weighted by atomic mass is 10.0. The smallest absolute Gasteiger partial charge is 0.0208 e. The molecule has 0 saturated carbocycles. The first-order valence-electron chi connectivity index (χ1n) is 8.66. The van der Waals surface area contributed by atoms with Gasteiger partial charge in [0.15, 0.2) is 0 Å². The van der Waals surface area contributed by atoms with Crippen molar-refractivity contribution >= 4 is 0 Å². The molecule has 0 aromatic heterocycles. The number of rotatable bonds is 0. The Morgan fingerprint density at radius 2 is 1.14 bits per heavy atom. The van der Waals surface area contributed by atoms with Gasteiger partial charge in [0.05, 0.1) is 0 Å². The lowest BCUT2D eigenvalue weighted by Gasteiger charge is -2.15. The number of piperidine rings is 1. The molecular formula is C18H31N3. The third-order valence-corrected chi connectivity index (χ3v) is 4.17. The molecule has 0 aliphatic carbocycles. The van der Waals surface area contributed by atoms with E-state index in [-0.39, 0.29) is 0 Å². The molecule has 1 aromatic carbocycles. The van der Waals surface area contributed by atoms with Gasteiger partial charge in [-0.2, -0.15) is 0 Å². The lowest BCUT2D eigenvalue weighted by Crippen LogP contribution is -2.23. The van der Waals surface area contributed by atoms with E-state index >= 15 is 0 Å². The molecule has 0 bridgehead atoms. The van der Waals surface area contributed by atoms with Gasteiger partial charge in [-0.05, 0) is 76.0 Å². The summed E-state index contributed by atoms with van der Waals surface area (Å²) in [4.78, 5) is 0. The number of hydrogen-bond acceptors (Lipinski definition) is 3. The molecule has 3 aliphatic rings. The molecule has 0 atom stereocenters. The summed E-state index contributed by atoms with van der Waals surface area (Å²) in [5.41, 5.74) is 2.98. The van der Waals surface area contributed by atoms with Gasteiger partial charge < -0.3 is 16.0 Å². The van der Waals surface area contributed by atoms with Crippen LogP contribution >= 0.6 is 0 Å². The summed E-state index contributed by atoms with van der Waals surface area (Å²) in [5, 5.41) is 9.85. The van der Waals surface area contributed by atoms with E-state index in [1.54, 1.807) is 0 Å². The average molecular weight is 289 g/mol. The Bertz CT molecular complexity index is 326. The Kier molecular flexibility index (Phi) is 8.45. The van der Waals surface area contributed by atoms with Crippen LogP contribution in [0.3, 0.4) is 0 Å². The van der Waals surface area contributed by atoms with Crippen molar-refractivity contribution in [2.45, 2.75) is 45.1 Å². The van der Waals surface area contributed by atoms with Crippen LogP contribution in [-0.4, -0.2) is 32.7 Å². The molecule has 3 heterocycles. The largest absolute Gasteiger partial charge is 0.317 e. The number of fused-ring (bicyclic) bond motifs is 1. The zero-order chi connectivity index (χ0) is 14.6. The van der Waals surface area contributed by atoms with E-state index in [4.69, 9.17) is 0 Å². The van der Waals surface area contributed by atoms with Crippen LogP contribution in [0.2, 0.25) is 0 Å². The highest BCUT2D eigenvalue weighted by molar-refractivity contribution is 5.28. The van der Waals surface area contributed by atoms with Crippen LogP contribution in [0.25, 0.3) is 0 Å². The molecule has 0 spiro atoms. The van der Waals surface area contributed by atoms with Crippen molar-refractivity contribution in [2.24, 2.45) is 0 Å². The molecule has 2 fully saturated rings. The Morgan fingerprint density at radius 3 is 1.62 bits per heavy atom. The Hall–Kier alpha value is -0.900. The van der Waals surface area contributed by atoms with Gasteiger partial charge in [0, 0.05) is 6.54 Å². The van der Waals surface area contributed by atoms with E-state index in [2.05, 4.69) is 40.2 Å². The fourth-order valence-corrected chi connectivity index (χ4v) is 2.85. The zero-order valence-electron chi connectivity index (χ0n) is 13.3. The van der Waals surface area contributed by atoms with E-state index in [1.807, 2.05) is 0 Å². The van der Waals surface area contributed by atoms with Crippen molar-refractivity contribution in [3.63, 3.8) is 0 Å².